The Morgan fingerprint density at radius 1 is 1.32 bits per heavy atom. The second-order valence-electron chi connectivity index (χ2n) is 5.17. The van der Waals surface area contributed by atoms with Crippen molar-refractivity contribution in [3.05, 3.63) is 50.2 Å². The van der Waals surface area contributed by atoms with Gasteiger partial charge in [0.25, 0.3) is 0 Å². The molecule has 6 nitrogen and oxygen atoms in total. The number of aromatic amines is 1. The first-order valence-corrected chi connectivity index (χ1v) is 7.71. The molecule has 0 aliphatic carbocycles. The zero-order valence-corrected chi connectivity index (χ0v) is 13.2. The summed E-state index contributed by atoms with van der Waals surface area (Å²) in [7, 11) is 0. The van der Waals surface area contributed by atoms with Crippen molar-refractivity contribution in [1.82, 2.24) is 15.5 Å². The Labute approximate surface area is 136 Å². The molecule has 2 N–H and O–H groups in total. The van der Waals surface area contributed by atoms with Gasteiger partial charge in [-0.3, -0.25) is 9.51 Å². The fraction of sp³-hybridized carbons (Fsp3) is 0.429. The number of H-pyrrole nitrogens is 1. The van der Waals surface area contributed by atoms with Crippen LogP contribution in [0.25, 0.3) is 0 Å². The van der Waals surface area contributed by atoms with Crippen LogP contribution in [0, 0.1) is 5.92 Å². The fourth-order valence-electron chi connectivity index (χ4n) is 2.62. The zero-order valence-electron chi connectivity index (χ0n) is 11.6. The molecule has 1 aliphatic heterocycles. The molecule has 1 aromatic heterocycles. The maximum absolute atomic E-state index is 11.1. The Morgan fingerprint density at radius 3 is 2.91 bits per heavy atom. The van der Waals surface area contributed by atoms with Crippen LogP contribution in [0.15, 0.2) is 27.5 Å². The minimum atomic E-state index is -0.552. The van der Waals surface area contributed by atoms with E-state index in [1.807, 2.05) is 12.1 Å². The second kappa shape index (κ2) is 6.83. The van der Waals surface area contributed by atoms with E-state index in [0.29, 0.717) is 28.9 Å². The highest BCUT2D eigenvalue weighted by atomic mass is 35.5. The molecule has 22 heavy (non-hydrogen) atoms. The number of nitrogens with zero attached hydrogens (tertiary/aromatic N) is 1. The first-order valence-electron chi connectivity index (χ1n) is 6.95. The average Bonchev–Trinajstić information content (AvgIpc) is 2.76. The number of ether oxygens (including phenoxy) is 1. The largest absolute Gasteiger partial charge is 0.438 e. The summed E-state index contributed by atoms with van der Waals surface area (Å²) in [5, 5.41) is 8.05. The van der Waals surface area contributed by atoms with Crippen molar-refractivity contribution in [2.45, 2.75) is 12.5 Å². The van der Waals surface area contributed by atoms with Crippen LogP contribution in [-0.4, -0.2) is 29.8 Å². The van der Waals surface area contributed by atoms with Gasteiger partial charge in [-0.1, -0.05) is 34.4 Å². The molecule has 1 aromatic carbocycles. The summed E-state index contributed by atoms with van der Waals surface area (Å²) in [6, 6.07) is 5.48. The summed E-state index contributed by atoms with van der Waals surface area (Å²) < 4.78 is 10.5. The fourth-order valence-corrected chi connectivity index (χ4v) is 2.93. The normalized spacial score (nSPS) is 22.5. The van der Waals surface area contributed by atoms with Crippen LogP contribution in [0.3, 0.4) is 0 Å². The summed E-state index contributed by atoms with van der Waals surface area (Å²) in [6.45, 7) is 2.10. The van der Waals surface area contributed by atoms with Gasteiger partial charge in [-0.2, -0.15) is 0 Å². The molecular formula is C14H15Cl2N3O3. The van der Waals surface area contributed by atoms with Gasteiger partial charge in [-0.15, -0.1) is 0 Å². The van der Waals surface area contributed by atoms with Gasteiger partial charge < -0.3 is 10.1 Å². The van der Waals surface area contributed by atoms with Gasteiger partial charge in [0.15, 0.2) is 5.82 Å². The standard InChI is InChI=1S/C14H15Cl2N3O3/c15-10-2-1-8(5-11(10)16)13-9(7-17-3-4-21-13)6-12-18-14(20)22-19-12/h1-2,5,9,13,17H,3-4,6-7H2,(H,18,19,20). The Hall–Kier alpha value is -1.34. The van der Waals surface area contributed by atoms with E-state index in [4.69, 9.17) is 27.9 Å². The Balaban J connectivity index is 1.86. The zero-order chi connectivity index (χ0) is 15.5. The highest BCUT2D eigenvalue weighted by Crippen LogP contribution is 2.33. The van der Waals surface area contributed by atoms with Crippen LogP contribution in [0.5, 0.6) is 0 Å². The predicted molar refractivity (Wildman–Crippen MR) is 82.3 cm³/mol. The molecule has 0 saturated carbocycles. The maximum Gasteiger partial charge on any atom is 0.438 e. The van der Waals surface area contributed by atoms with Crippen molar-refractivity contribution in [3.63, 3.8) is 0 Å². The third kappa shape index (κ3) is 3.52. The first kappa shape index (κ1) is 15.6. The number of hydrogen-bond acceptors (Lipinski definition) is 5. The second-order valence-corrected chi connectivity index (χ2v) is 5.99. The van der Waals surface area contributed by atoms with E-state index in [9.17, 15) is 4.79 Å². The van der Waals surface area contributed by atoms with Crippen molar-refractivity contribution in [1.29, 1.82) is 0 Å². The molecule has 118 valence electrons. The molecule has 3 rings (SSSR count). The molecular weight excluding hydrogens is 329 g/mol. The maximum atomic E-state index is 11.1. The van der Waals surface area contributed by atoms with Crippen molar-refractivity contribution in [3.8, 4) is 0 Å². The molecule has 1 fully saturated rings. The third-order valence-electron chi connectivity index (χ3n) is 3.62. The van der Waals surface area contributed by atoms with Gasteiger partial charge in [-0.05, 0) is 17.7 Å². The van der Waals surface area contributed by atoms with Gasteiger partial charge >= 0.3 is 5.76 Å². The average molecular weight is 344 g/mol. The molecule has 2 unspecified atom stereocenters. The van der Waals surface area contributed by atoms with E-state index in [0.717, 1.165) is 18.7 Å². The topological polar surface area (TPSA) is 80.2 Å². The number of hydrogen-bond donors (Lipinski definition) is 2. The van der Waals surface area contributed by atoms with E-state index < -0.39 is 5.76 Å². The van der Waals surface area contributed by atoms with Crippen molar-refractivity contribution in [2.24, 2.45) is 5.92 Å². The summed E-state index contributed by atoms with van der Waals surface area (Å²) in [5.74, 6) is 0.0384. The molecule has 2 atom stereocenters. The van der Waals surface area contributed by atoms with E-state index >= 15 is 0 Å². The lowest BCUT2D eigenvalue weighted by molar-refractivity contribution is 0.0300. The SMILES string of the molecule is O=c1[nH]c(CC2CNCCOC2c2ccc(Cl)c(Cl)c2)no1. The number of benzene rings is 1. The van der Waals surface area contributed by atoms with Crippen LogP contribution >= 0.6 is 23.2 Å². The van der Waals surface area contributed by atoms with Crippen molar-refractivity contribution >= 4 is 23.2 Å². The van der Waals surface area contributed by atoms with E-state index in [1.54, 1.807) is 6.07 Å². The number of halogens is 2. The van der Waals surface area contributed by atoms with Crippen LogP contribution in [0.1, 0.15) is 17.5 Å². The molecule has 1 aliphatic rings. The highest BCUT2D eigenvalue weighted by Gasteiger charge is 2.28. The lowest BCUT2D eigenvalue weighted by Gasteiger charge is -2.24. The minimum absolute atomic E-state index is 0.0838. The molecule has 2 aromatic rings. The van der Waals surface area contributed by atoms with Crippen LogP contribution in [0.2, 0.25) is 10.0 Å². The lowest BCUT2D eigenvalue weighted by Crippen LogP contribution is -2.26. The van der Waals surface area contributed by atoms with Gasteiger partial charge in [0.05, 0.1) is 22.8 Å². The molecule has 2 heterocycles. The number of rotatable bonds is 3. The van der Waals surface area contributed by atoms with Crippen LogP contribution < -0.4 is 11.1 Å². The van der Waals surface area contributed by atoms with Gasteiger partial charge in [0.1, 0.15) is 0 Å². The monoisotopic (exact) mass is 343 g/mol. The quantitative estimate of drug-likeness (QED) is 0.892. The third-order valence-corrected chi connectivity index (χ3v) is 4.36. The highest BCUT2D eigenvalue weighted by molar-refractivity contribution is 6.42. The minimum Gasteiger partial charge on any atom is -0.372 e. The summed E-state index contributed by atoms with van der Waals surface area (Å²) in [4.78, 5) is 13.6. The van der Waals surface area contributed by atoms with Crippen LogP contribution in [0.4, 0.5) is 0 Å². The Kier molecular flexibility index (Phi) is 4.83. The number of nitrogens with one attached hydrogen (secondary N) is 2. The lowest BCUT2D eigenvalue weighted by atomic mass is 9.92. The molecule has 8 heteroatoms. The molecule has 0 spiro atoms. The van der Waals surface area contributed by atoms with Gasteiger partial charge in [0, 0.05) is 25.4 Å². The smallest absolute Gasteiger partial charge is 0.372 e. The van der Waals surface area contributed by atoms with Crippen LogP contribution in [-0.2, 0) is 11.2 Å². The molecule has 0 radical (unpaired) electrons. The summed E-state index contributed by atoms with van der Waals surface area (Å²) in [5.41, 5.74) is 0.953. The number of aromatic nitrogens is 2. The molecule has 0 amide bonds. The van der Waals surface area contributed by atoms with Crippen molar-refractivity contribution < 1.29 is 9.26 Å². The van der Waals surface area contributed by atoms with E-state index in [-0.39, 0.29) is 12.0 Å². The Morgan fingerprint density at radius 2 is 2.18 bits per heavy atom. The summed E-state index contributed by atoms with van der Waals surface area (Å²) in [6.07, 6.45) is 0.369. The Bertz CT molecular complexity index is 701. The van der Waals surface area contributed by atoms with E-state index in [1.165, 1.54) is 0 Å². The van der Waals surface area contributed by atoms with Crippen molar-refractivity contribution in [2.75, 3.05) is 19.7 Å². The van der Waals surface area contributed by atoms with E-state index in [2.05, 4.69) is 20.0 Å². The first-order chi connectivity index (χ1) is 10.6. The predicted octanol–water partition coefficient (Wildman–Crippen LogP) is 2.19. The van der Waals surface area contributed by atoms with Gasteiger partial charge in [0.2, 0.25) is 0 Å². The molecule has 0 bridgehead atoms. The summed E-state index contributed by atoms with van der Waals surface area (Å²) >= 11 is 12.1. The van der Waals surface area contributed by atoms with Gasteiger partial charge in [-0.25, -0.2) is 4.79 Å². The molecule has 1 saturated heterocycles.